The molecule has 1 nitrogen and oxygen atoms in total. The number of likely N-dealkylation sites (tertiary alicyclic amines) is 1. The van der Waals surface area contributed by atoms with Crippen LogP contribution < -0.4 is 0 Å². The predicted octanol–water partition coefficient (Wildman–Crippen LogP) is 7.04. The smallest absolute Gasteiger partial charge is 0.000703 e. The first-order valence-electron chi connectivity index (χ1n) is 10.0. The highest BCUT2D eigenvalue weighted by Crippen LogP contribution is 2.16. The Kier molecular flexibility index (Phi) is 17.1. The average molecular weight is 423 g/mol. The Labute approximate surface area is 158 Å². The molecule has 0 aromatic rings. The number of hydrogen-bond acceptors (Lipinski definition) is 1. The maximum absolute atomic E-state index is 2.70. The van der Waals surface area contributed by atoms with Crippen molar-refractivity contribution in [3.8, 4) is 0 Å². The molecule has 1 atom stereocenters. The molecule has 1 heterocycles. The molecule has 22 heavy (non-hydrogen) atoms. The van der Waals surface area contributed by atoms with E-state index in [9.17, 15) is 0 Å². The second-order valence-electron chi connectivity index (χ2n) is 7.44. The molecular formula is C20H42IN. The van der Waals surface area contributed by atoms with Gasteiger partial charge in [-0.1, -0.05) is 84.5 Å². The number of nitrogens with zero attached hydrogens (tertiary/aromatic N) is 1. The summed E-state index contributed by atoms with van der Waals surface area (Å²) in [6.45, 7) is 8.79. The number of rotatable bonds is 13. The summed E-state index contributed by atoms with van der Waals surface area (Å²) < 4.78 is 0. The molecule has 1 rings (SSSR count). The zero-order valence-corrected chi connectivity index (χ0v) is 17.8. The molecule has 1 unspecified atom stereocenters. The third-order valence-corrected chi connectivity index (χ3v) is 5.07. The van der Waals surface area contributed by atoms with Crippen molar-refractivity contribution in [2.45, 2.75) is 104 Å². The van der Waals surface area contributed by atoms with Crippen LogP contribution in [0.25, 0.3) is 0 Å². The second kappa shape index (κ2) is 16.5. The molecule has 0 amide bonds. The van der Waals surface area contributed by atoms with Crippen molar-refractivity contribution in [3.63, 3.8) is 0 Å². The highest BCUT2D eigenvalue weighted by Gasteiger charge is 2.14. The number of hydrogen-bond donors (Lipinski definition) is 0. The molecule has 0 spiro atoms. The van der Waals surface area contributed by atoms with E-state index in [4.69, 9.17) is 0 Å². The molecule has 0 aromatic heterocycles. The highest BCUT2D eigenvalue weighted by atomic mass is 127. The third kappa shape index (κ3) is 13.2. The van der Waals surface area contributed by atoms with Gasteiger partial charge in [0.05, 0.1) is 0 Å². The van der Waals surface area contributed by atoms with Crippen molar-refractivity contribution in [1.82, 2.24) is 4.90 Å². The lowest BCUT2D eigenvalue weighted by Gasteiger charge is -2.30. The van der Waals surface area contributed by atoms with Gasteiger partial charge in [-0.3, -0.25) is 0 Å². The van der Waals surface area contributed by atoms with Crippen LogP contribution in [0.2, 0.25) is 0 Å². The second-order valence-corrected chi connectivity index (χ2v) is 7.44. The summed E-state index contributed by atoms with van der Waals surface area (Å²) in [4.78, 5) is 2.70. The standard InChI is InChI=1S/C20H41N.HI/c1-3-4-5-6-7-8-9-10-11-12-13-14-17-21-18-15-16-20(2)19-21;/h20H,3-19H2,1-2H3;1H. The van der Waals surface area contributed by atoms with Crippen LogP contribution in [0.15, 0.2) is 0 Å². The zero-order valence-electron chi connectivity index (χ0n) is 15.5. The normalized spacial score (nSPS) is 19.1. The summed E-state index contributed by atoms with van der Waals surface area (Å²) in [7, 11) is 0. The van der Waals surface area contributed by atoms with E-state index in [1.165, 1.54) is 110 Å². The van der Waals surface area contributed by atoms with Crippen LogP contribution in [0.5, 0.6) is 0 Å². The van der Waals surface area contributed by atoms with Gasteiger partial charge in [0.1, 0.15) is 0 Å². The quantitative estimate of drug-likeness (QED) is 0.227. The largest absolute Gasteiger partial charge is 0.303 e. The van der Waals surface area contributed by atoms with Gasteiger partial charge in [-0.05, 0) is 38.3 Å². The Morgan fingerprint density at radius 3 is 1.77 bits per heavy atom. The van der Waals surface area contributed by atoms with Gasteiger partial charge >= 0.3 is 0 Å². The topological polar surface area (TPSA) is 3.24 Å². The number of piperidine rings is 1. The summed E-state index contributed by atoms with van der Waals surface area (Å²) in [6.07, 6.45) is 20.4. The summed E-state index contributed by atoms with van der Waals surface area (Å²) in [6, 6.07) is 0. The van der Waals surface area contributed by atoms with Crippen LogP contribution in [-0.4, -0.2) is 24.5 Å². The molecule has 0 saturated carbocycles. The SMILES string of the molecule is CCCCCCCCCCCCCCN1CCCC(C)C1.I. The molecular weight excluding hydrogens is 381 g/mol. The van der Waals surface area contributed by atoms with E-state index in [1.807, 2.05) is 0 Å². The lowest BCUT2D eigenvalue weighted by Crippen LogP contribution is -2.34. The molecule has 1 saturated heterocycles. The zero-order chi connectivity index (χ0) is 15.2. The Bertz CT molecular complexity index is 220. The van der Waals surface area contributed by atoms with Gasteiger partial charge in [-0.15, -0.1) is 24.0 Å². The molecule has 1 fully saturated rings. The minimum atomic E-state index is 0. The van der Waals surface area contributed by atoms with Crippen LogP contribution in [0.3, 0.4) is 0 Å². The Morgan fingerprint density at radius 1 is 0.773 bits per heavy atom. The summed E-state index contributed by atoms with van der Waals surface area (Å²) in [5.74, 6) is 0.941. The molecule has 2 heteroatoms. The average Bonchev–Trinajstić information content (AvgIpc) is 2.48. The molecule has 1 aliphatic heterocycles. The molecule has 0 aromatic carbocycles. The maximum atomic E-state index is 2.70. The predicted molar refractivity (Wildman–Crippen MR) is 111 cm³/mol. The van der Waals surface area contributed by atoms with Crippen LogP contribution in [0.1, 0.15) is 104 Å². The van der Waals surface area contributed by atoms with E-state index in [0.29, 0.717) is 0 Å². The molecule has 0 radical (unpaired) electrons. The minimum absolute atomic E-state index is 0. The molecule has 134 valence electrons. The van der Waals surface area contributed by atoms with Crippen LogP contribution in [-0.2, 0) is 0 Å². The van der Waals surface area contributed by atoms with Crippen LogP contribution in [0, 0.1) is 5.92 Å². The van der Waals surface area contributed by atoms with E-state index in [2.05, 4.69) is 18.7 Å². The van der Waals surface area contributed by atoms with Gasteiger partial charge in [0.25, 0.3) is 0 Å². The first-order valence-corrected chi connectivity index (χ1v) is 10.0. The molecule has 0 bridgehead atoms. The van der Waals surface area contributed by atoms with E-state index >= 15 is 0 Å². The van der Waals surface area contributed by atoms with E-state index < -0.39 is 0 Å². The van der Waals surface area contributed by atoms with Crippen LogP contribution in [0.4, 0.5) is 0 Å². The lowest BCUT2D eigenvalue weighted by atomic mass is 10.00. The monoisotopic (exact) mass is 423 g/mol. The van der Waals surface area contributed by atoms with Crippen molar-refractivity contribution in [2.75, 3.05) is 19.6 Å². The highest BCUT2D eigenvalue weighted by molar-refractivity contribution is 14.0. The van der Waals surface area contributed by atoms with E-state index in [0.717, 1.165) is 5.92 Å². The molecule has 1 aliphatic rings. The van der Waals surface area contributed by atoms with Gasteiger partial charge in [0.2, 0.25) is 0 Å². The molecule has 0 N–H and O–H groups in total. The van der Waals surface area contributed by atoms with Gasteiger partial charge in [-0.2, -0.15) is 0 Å². The number of halogens is 1. The summed E-state index contributed by atoms with van der Waals surface area (Å²) >= 11 is 0. The lowest BCUT2D eigenvalue weighted by molar-refractivity contribution is 0.180. The van der Waals surface area contributed by atoms with Gasteiger partial charge in [0.15, 0.2) is 0 Å². The fourth-order valence-corrected chi connectivity index (χ4v) is 3.67. The van der Waals surface area contributed by atoms with Crippen LogP contribution >= 0.6 is 24.0 Å². The fourth-order valence-electron chi connectivity index (χ4n) is 3.67. The Hall–Kier alpha value is 0.690. The Morgan fingerprint density at radius 2 is 1.27 bits per heavy atom. The maximum Gasteiger partial charge on any atom is 0.000703 e. The van der Waals surface area contributed by atoms with Gasteiger partial charge < -0.3 is 4.90 Å². The first kappa shape index (κ1) is 22.7. The number of unbranched alkanes of at least 4 members (excludes halogenated alkanes) is 11. The molecule has 0 aliphatic carbocycles. The van der Waals surface area contributed by atoms with Crippen molar-refractivity contribution < 1.29 is 0 Å². The van der Waals surface area contributed by atoms with E-state index in [1.54, 1.807) is 0 Å². The van der Waals surface area contributed by atoms with Crippen molar-refractivity contribution >= 4 is 24.0 Å². The van der Waals surface area contributed by atoms with Gasteiger partial charge in [0, 0.05) is 6.54 Å². The minimum Gasteiger partial charge on any atom is -0.303 e. The fraction of sp³-hybridized carbons (Fsp3) is 1.00. The van der Waals surface area contributed by atoms with Gasteiger partial charge in [-0.25, -0.2) is 0 Å². The third-order valence-electron chi connectivity index (χ3n) is 5.07. The van der Waals surface area contributed by atoms with Crippen molar-refractivity contribution in [3.05, 3.63) is 0 Å². The summed E-state index contributed by atoms with van der Waals surface area (Å²) in [5.41, 5.74) is 0. The van der Waals surface area contributed by atoms with Crippen molar-refractivity contribution in [2.24, 2.45) is 5.92 Å². The Balaban J connectivity index is 0.00000441. The summed E-state index contributed by atoms with van der Waals surface area (Å²) in [5, 5.41) is 0. The van der Waals surface area contributed by atoms with E-state index in [-0.39, 0.29) is 24.0 Å². The first-order chi connectivity index (χ1) is 10.3. The van der Waals surface area contributed by atoms with Crippen molar-refractivity contribution in [1.29, 1.82) is 0 Å².